The van der Waals surface area contributed by atoms with Gasteiger partial charge in [0.15, 0.2) is 5.82 Å². The second-order valence-electron chi connectivity index (χ2n) is 16.4. The third-order valence-electron chi connectivity index (χ3n) is 13.0. The molecule has 1 fully saturated rings. The molecule has 2 nitrogen and oxygen atoms in total. The molecule has 0 atom stereocenters. The number of hydrogen-bond acceptors (Lipinski definition) is 2. The van der Waals surface area contributed by atoms with Crippen LogP contribution in [0.1, 0.15) is 43.2 Å². The van der Waals surface area contributed by atoms with Gasteiger partial charge in [-0.2, -0.15) is 0 Å². The summed E-state index contributed by atoms with van der Waals surface area (Å²) in [5, 5.41) is 0. The van der Waals surface area contributed by atoms with E-state index in [2.05, 4.69) is 182 Å². The van der Waals surface area contributed by atoms with Gasteiger partial charge in [-0.3, -0.25) is 0 Å². The highest BCUT2D eigenvalue weighted by Gasteiger charge is 2.45. The highest BCUT2D eigenvalue weighted by molar-refractivity contribution is 5.89. The van der Waals surface area contributed by atoms with Gasteiger partial charge in [-0.25, -0.2) is 9.97 Å². The molecule has 1 saturated carbocycles. The van der Waals surface area contributed by atoms with Crippen LogP contribution >= 0.6 is 0 Å². The highest BCUT2D eigenvalue weighted by Crippen LogP contribution is 2.58. The second kappa shape index (κ2) is 15.2. The van der Waals surface area contributed by atoms with Crippen LogP contribution in [0.3, 0.4) is 0 Å². The average molecular weight is 769 g/mol. The fraction of sp³-hybridized carbons (Fsp3) is 0.103. The zero-order chi connectivity index (χ0) is 39.9. The lowest BCUT2D eigenvalue weighted by Crippen LogP contribution is -2.28. The highest BCUT2D eigenvalue weighted by atomic mass is 14.9. The van der Waals surface area contributed by atoms with E-state index in [9.17, 15) is 0 Å². The largest absolute Gasteiger partial charge is 0.228 e. The van der Waals surface area contributed by atoms with Crippen LogP contribution in [0.2, 0.25) is 0 Å². The minimum Gasteiger partial charge on any atom is -0.228 e. The molecule has 1 heterocycles. The van der Waals surface area contributed by atoms with Crippen LogP contribution < -0.4 is 0 Å². The standard InChI is InChI=1S/C58H44N2/c1-4-13-40(14-5-1)41-27-33-47(34-28-41)54-39-55(60-57(59-54)49-15-6-2-7-16-49)48-35-29-45(30-36-48)43-23-21-42(22-24-43)44-25-31-46(32-26-44)50-18-12-19-52-51-17-8-9-20-53(51)58(56(50)52)37-10-3-11-38-58/h1-2,4-9,12-36,39H,3,10-11,37-38H2. The average Bonchev–Trinajstić information content (AvgIpc) is 3.61. The third kappa shape index (κ3) is 6.46. The van der Waals surface area contributed by atoms with Gasteiger partial charge < -0.3 is 0 Å². The number of rotatable bonds is 7. The van der Waals surface area contributed by atoms with Crippen LogP contribution in [-0.2, 0) is 5.41 Å². The molecule has 9 aromatic rings. The van der Waals surface area contributed by atoms with Crippen molar-refractivity contribution in [3.8, 4) is 89.5 Å². The molecule has 0 radical (unpaired) electrons. The molecule has 0 aliphatic heterocycles. The minimum absolute atomic E-state index is 0.131. The summed E-state index contributed by atoms with van der Waals surface area (Å²) in [6.07, 6.45) is 6.41. The first-order chi connectivity index (χ1) is 29.7. The van der Waals surface area contributed by atoms with E-state index in [1.54, 1.807) is 11.1 Å². The lowest BCUT2D eigenvalue weighted by Gasteiger charge is -2.37. The Bertz CT molecular complexity index is 2940. The van der Waals surface area contributed by atoms with E-state index >= 15 is 0 Å². The maximum Gasteiger partial charge on any atom is 0.160 e. The Kier molecular flexibility index (Phi) is 9.12. The maximum atomic E-state index is 5.08. The van der Waals surface area contributed by atoms with Crippen molar-refractivity contribution in [2.24, 2.45) is 0 Å². The predicted octanol–water partition coefficient (Wildman–Crippen LogP) is 15.4. The van der Waals surface area contributed by atoms with Gasteiger partial charge >= 0.3 is 0 Å². The summed E-state index contributed by atoms with van der Waals surface area (Å²) in [6.45, 7) is 0. The van der Waals surface area contributed by atoms with Crippen molar-refractivity contribution in [3.63, 3.8) is 0 Å². The molecule has 1 aromatic heterocycles. The molecule has 286 valence electrons. The molecule has 11 rings (SSSR count). The van der Waals surface area contributed by atoms with Crippen LogP contribution in [0.5, 0.6) is 0 Å². The van der Waals surface area contributed by atoms with Crippen molar-refractivity contribution in [1.82, 2.24) is 9.97 Å². The Morgan fingerprint density at radius 3 is 1.23 bits per heavy atom. The van der Waals surface area contributed by atoms with Crippen molar-refractivity contribution >= 4 is 0 Å². The molecule has 2 heteroatoms. The molecule has 1 spiro atoms. The first-order valence-corrected chi connectivity index (χ1v) is 21.4. The van der Waals surface area contributed by atoms with Gasteiger partial charge in [0, 0.05) is 22.1 Å². The van der Waals surface area contributed by atoms with Gasteiger partial charge in [-0.05, 0) is 85.7 Å². The zero-order valence-electron chi connectivity index (χ0n) is 33.6. The van der Waals surface area contributed by atoms with Crippen LogP contribution in [0.15, 0.2) is 206 Å². The smallest absolute Gasteiger partial charge is 0.160 e. The SMILES string of the molecule is c1ccc(-c2ccc(-c3cc(-c4ccc(-c5ccc(-c6ccc(-c7cccc8c7C7(CCCCC7)c7ccccc7-8)cc6)cc5)cc4)nc(-c4ccccc4)n3)cc2)cc1. The first kappa shape index (κ1) is 36.0. The van der Waals surface area contributed by atoms with Gasteiger partial charge in [0.25, 0.3) is 0 Å². The van der Waals surface area contributed by atoms with Crippen LogP contribution in [0.4, 0.5) is 0 Å². The topological polar surface area (TPSA) is 25.8 Å². The van der Waals surface area contributed by atoms with Gasteiger partial charge in [-0.15, -0.1) is 0 Å². The third-order valence-corrected chi connectivity index (χ3v) is 13.0. The molecule has 2 aliphatic carbocycles. The van der Waals surface area contributed by atoms with E-state index < -0.39 is 0 Å². The fourth-order valence-corrected chi connectivity index (χ4v) is 9.93. The summed E-state index contributed by atoms with van der Waals surface area (Å²) < 4.78 is 0. The number of nitrogens with zero attached hydrogens (tertiary/aromatic N) is 2. The molecule has 0 saturated heterocycles. The summed E-state index contributed by atoms with van der Waals surface area (Å²) in [7, 11) is 0. The molecule has 2 aliphatic rings. The number of fused-ring (bicyclic) bond motifs is 5. The summed E-state index contributed by atoms with van der Waals surface area (Å²) in [4.78, 5) is 10.1. The first-order valence-electron chi connectivity index (χ1n) is 21.4. The summed E-state index contributed by atoms with van der Waals surface area (Å²) >= 11 is 0. The van der Waals surface area contributed by atoms with Gasteiger partial charge in [-0.1, -0.05) is 219 Å². The van der Waals surface area contributed by atoms with Crippen LogP contribution in [0.25, 0.3) is 89.5 Å². The van der Waals surface area contributed by atoms with E-state index in [4.69, 9.17) is 9.97 Å². The predicted molar refractivity (Wildman–Crippen MR) is 249 cm³/mol. The Balaban J connectivity index is 0.854. The molecule has 0 bridgehead atoms. The van der Waals surface area contributed by atoms with Crippen molar-refractivity contribution in [3.05, 3.63) is 217 Å². The Morgan fingerprint density at radius 1 is 0.300 bits per heavy atom. The normalized spacial score (nSPS) is 13.8. The van der Waals surface area contributed by atoms with E-state index in [0.717, 1.165) is 28.1 Å². The van der Waals surface area contributed by atoms with Gasteiger partial charge in [0.05, 0.1) is 11.4 Å². The van der Waals surface area contributed by atoms with Crippen molar-refractivity contribution in [2.75, 3.05) is 0 Å². The van der Waals surface area contributed by atoms with Gasteiger partial charge in [0.2, 0.25) is 0 Å². The molecule has 0 amide bonds. The van der Waals surface area contributed by atoms with Crippen LogP contribution in [-0.4, -0.2) is 9.97 Å². The Morgan fingerprint density at radius 2 is 0.700 bits per heavy atom. The van der Waals surface area contributed by atoms with E-state index in [-0.39, 0.29) is 5.41 Å². The monoisotopic (exact) mass is 768 g/mol. The quantitative estimate of drug-likeness (QED) is 0.161. The minimum atomic E-state index is 0.131. The second-order valence-corrected chi connectivity index (χ2v) is 16.4. The van der Waals surface area contributed by atoms with E-state index in [1.807, 2.05) is 24.3 Å². The van der Waals surface area contributed by atoms with Gasteiger partial charge in [0.1, 0.15) is 0 Å². The Labute approximate surface area is 353 Å². The summed E-state index contributed by atoms with van der Waals surface area (Å²) in [5.41, 5.74) is 20.9. The molecule has 0 unspecified atom stereocenters. The number of hydrogen-bond donors (Lipinski definition) is 0. The molecule has 60 heavy (non-hydrogen) atoms. The molecule has 0 N–H and O–H groups in total. The molecule has 8 aromatic carbocycles. The zero-order valence-corrected chi connectivity index (χ0v) is 33.6. The number of aromatic nitrogens is 2. The number of benzene rings is 8. The van der Waals surface area contributed by atoms with Crippen molar-refractivity contribution in [1.29, 1.82) is 0 Å². The summed E-state index contributed by atoms with van der Waals surface area (Å²) in [5.74, 6) is 0.717. The van der Waals surface area contributed by atoms with Crippen molar-refractivity contribution in [2.45, 2.75) is 37.5 Å². The lowest BCUT2D eigenvalue weighted by atomic mass is 9.66. The van der Waals surface area contributed by atoms with E-state index in [1.165, 1.54) is 87.7 Å². The fourth-order valence-electron chi connectivity index (χ4n) is 9.93. The lowest BCUT2D eigenvalue weighted by molar-refractivity contribution is 0.353. The Hall–Kier alpha value is -7.16. The van der Waals surface area contributed by atoms with Crippen molar-refractivity contribution < 1.29 is 0 Å². The van der Waals surface area contributed by atoms with E-state index in [0.29, 0.717) is 5.82 Å². The molecular weight excluding hydrogens is 725 g/mol. The maximum absolute atomic E-state index is 5.08. The van der Waals surface area contributed by atoms with Crippen LogP contribution in [0, 0.1) is 0 Å². The summed E-state index contributed by atoms with van der Waals surface area (Å²) in [6, 6.07) is 74.6. The molecular formula is C58H44N2.